The van der Waals surface area contributed by atoms with Gasteiger partial charge in [0, 0.05) is 11.6 Å². The number of carbonyl (C=O) groups is 1. The van der Waals surface area contributed by atoms with Crippen LogP contribution in [0.4, 0.5) is 0 Å². The average Bonchev–Trinajstić information content (AvgIpc) is 3.02. The fraction of sp³-hybridized carbons (Fsp3) is 0.167. The highest BCUT2D eigenvalue weighted by molar-refractivity contribution is 6.30. The molecule has 0 radical (unpaired) electrons. The first kappa shape index (κ1) is 17.0. The molecule has 25 heavy (non-hydrogen) atoms. The largest absolute Gasteiger partial charge is 0.497 e. The van der Waals surface area contributed by atoms with Gasteiger partial charge < -0.3 is 10.1 Å². The molecule has 0 unspecified atom stereocenters. The van der Waals surface area contributed by atoms with Gasteiger partial charge in [0.2, 0.25) is 0 Å². The third kappa shape index (κ3) is 3.97. The molecule has 0 aliphatic heterocycles. The third-order valence-corrected chi connectivity index (χ3v) is 3.88. The van der Waals surface area contributed by atoms with Crippen molar-refractivity contribution < 1.29 is 9.53 Å². The Morgan fingerprint density at radius 1 is 1.20 bits per heavy atom. The minimum atomic E-state index is -0.276. The van der Waals surface area contributed by atoms with Gasteiger partial charge in [-0.25, -0.2) is 0 Å². The Morgan fingerprint density at radius 2 is 1.96 bits per heavy atom. The molecule has 1 N–H and O–H groups in total. The predicted octanol–water partition coefficient (Wildman–Crippen LogP) is 3.17. The molecule has 128 valence electrons. The average molecular weight is 357 g/mol. The van der Waals surface area contributed by atoms with Crippen molar-refractivity contribution in [2.45, 2.75) is 13.5 Å². The van der Waals surface area contributed by atoms with Crippen LogP contribution in [0, 0.1) is 6.92 Å². The van der Waals surface area contributed by atoms with Gasteiger partial charge in [0.15, 0.2) is 5.69 Å². The second-order valence-corrected chi connectivity index (χ2v) is 5.87. The van der Waals surface area contributed by atoms with Crippen LogP contribution in [0.5, 0.6) is 5.75 Å². The molecule has 3 rings (SSSR count). The van der Waals surface area contributed by atoms with Crippen molar-refractivity contribution in [3.8, 4) is 11.4 Å². The Hall–Kier alpha value is -2.86. The molecule has 6 nitrogen and oxygen atoms in total. The number of rotatable bonds is 5. The number of hydrogen-bond acceptors (Lipinski definition) is 4. The van der Waals surface area contributed by atoms with Crippen LogP contribution in [0.25, 0.3) is 5.69 Å². The van der Waals surface area contributed by atoms with Crippen LogP contribution in [0.1, 0.15) is 21.7 Å². The van der Waals surface area contributed by atoms with E-state index in [-0.39, 0.29) is 11.6 Å². The maximum Gasteiger partial charge on any atom is 0.274 e. The zero-order valence-electron chi connectivity index (χ0n) is 13.9. The molecule has 0 aliphatic rings. The third-order valence-electron chi connectivity index (χ3n) is 3.65. The van der Waals surface area contributed by atoms with Crippen LogP contribution < -0.4 is 10.1 Å². The van der Waals surface area contributed by atoms with E-state index in [1.54, 1.807) is 32.2 Å². The van der Waals surface area contributed by atoms with Crippen molar-refractivity contribution in [2.24, 2.45) is 0 Å². The summed E-state index contributed by atoms with van der Waals surface area (Å²) >= 11 is 5.99. The standard InChI is InChI=1S/C18H17ClN4O2/c1-12-17(22-23(21-12)15-5-3-4-14(19)10-15)18(24)20-11-13-6-8-16(25-2)9-7-13/h3-10H,11H2,1-2H3,(H,20,24). The molecular weight excluding hydrogens is 340 g/mol. The molecule has 1 amide bonds. The van der Waals surface area contributed by atoms with E-state index in [1.165, 1.54) is 4.80 Å². The summed E-state index contributed by atoms with van der Waals surface area (Å²) in [6.07, 6.45) is 0. The first-order chi connectivity index (χ1) is 12.1. The Kier molecular flexibility index (Phi) is 5.00. The van der Waals surface area contributed by atoms with Crippen molar-refractivity contribution in [1.82, 2.24) is 20.3 Å². The SMILES string of the molecule is COc1ccc(CNC(=O)c2nn(-c3cccc(Cl)c3)nc2C)cc1. The van der Waals surface area contributed by atoms with Crippen molar-refractivity contribution in [2.75, 3.05) is 7.11 Å². The fourth-order valence-electron chi connectivity index (χ4n) is 2.31. The summed E-state index contributed by atoms with van der Waals surface area (Å²) in [4.78, 5) is 13.8. The lowest BCUT2D eigenvalue weighted by atomic mass is 10.2. The second-order valence-electron chi connectivity index (χ2n) is 5.43. The molecule has 3 aromatic rings. The van der Waals surface area contributed by atoms with Gasteiger partial charge in [-0.1, -0.05) is 29.8 Å². The van der Waals surface area contributed by atoms with Gasteiger partial charge in [0.25, 0.3) is 5.91 Å². The van der Waals surface area contributed by atoms with Gasteiger partial charge in [-0.3, -0.25) is 4.79 Å². The topological polar surface area (TPSA) is 69.0 Å². The minimum absolute atomic E-state index is 0.276. The monoisotopic (exact) mass is 356 g/mol. The first-order valence-corrected chi connectivity index (χ1v) is 8.05. The molecule has 0 fully saturated rings. The summed E-state index contributed by atoms with van der Waals surface area (Å²) in [5.74, 6) is 0.497. The van der Waals surface area contributed by atoms with E-state index >= 15 is 0 Å². The lowest BCUT2D eigenvalue weighted by Gasteiger charge is -2.05. The van der Waals surface area contributed by atoms with Gasteiger partial charge in [-0.15, -0.1) is 5.10 Å². The Labute approximate surface area is 150 Å². The van der Waals surface area contributed by atoms with Gasteiger partial charge >= 0.3 is 0 Å². The van der Waals surface area contributed by atoms with Crippen LogP contribution >= 0.6 is 11.6 Å². The number of nitrogens with one attached hydrogen (secondary N) is 1. The smallest absolute Gasteiger partial charge is 0.274 e. The Balaban J connectivity index is 1.71. The van der Waals surface area contributed by atoms with Crippen LogP contribution in [-0.4, -0.2) is 28.0 Å². The molecule has 0 saturated carbocycles. The van der Waals surface area contributed by atoms with Crippen LogP contribution in [-0.2, 0) is 6.54 Å². The maximum absolute atomic E-state index is 12.4. The number of hydrogen-bond donors (Lipinski definition) is 1. The van der Waals surface area contributed by atoms with E-state index < -0.39 is 0 Å². The minimum Gasteiger partial charge on any atom is -0.497 e. The summed E-state index contributed by atoms with van der Waals surface area (Å²) < 4.78 is 5.12. The van der Waals surface area contributed by atoms with E-state index in [2.05, 4.69) is 15.5 Å². The number of carbonyl (C=O) groups excluding carboxylic acids is 1. The quantitative estimate of drug-likeness (QED) is 0.762. The van der Waals surface area contributed by atoms with Crippen molar-refractivity contribution in [1.29, 1.82) is 0 Å². The highest BCUT2D eigenvalue weighted by atomic mass is 35.5. The fourth-order valence-corrected chi connectivity index (χ4v) is 2.50. The lowest BCUT2D eigenvalue weighted by molar-refractivity contribution is 0.0945. The molecule has 1 aromatic heterocycles. The first-order valence-electron chi connectivity index (χ1n) is 7.68. The molecule has 0 aliphatic carbocycles. The number of aryl methyl sites for hydroxylation is 1. The van der Waals surface area contributed by atoms with Gasteiger partial charge in [0.05, 0.1) is 18.5 Å². The number of ether oxygens (including phenoxy) is 1. The number of aromatic nitrogens is 3. The zero-order chi connectivity index (χ0) is 17.8. The predicted molar refractivity (Wildman–Crippen MR) is 95.3 cm³/mol. The maximum atomic E-state index is 12.4. The number of benzene rings is 2. The lowest BCUT2D eigenvalue weighted by Crippen LogP contribution is -2.24. The number of halogens is 1. The number of methoxy groups -OCH3 is 1. The van der Waals surface area contributed by atoms with E-state index in [0.717, 1.165) is 11.3 Å². The summed E-state index contributed by atoms with van der Waals surface area (Å²) in [5.41, 5.74) is 2.50. The Morgan fingerprint density at radius 3 is 2.64 bits per heavy atom. The summed E-state index contributed by atoms with van der Waals surface area (Å²) in [7, 11) is 1.61. The summed E-state index contributed by atoms with van der Waals surface area (Å²) in [6, 6.07) is 14.6. The van der Waals surface area contributed by atoms with E-state index in [0.29, 0.717) is 22.9 Å². The summed E-state index contributed by atoms with van der Waals surface area (Å²) in [5, 5.41) is 12.0. The molecule has 0 spiro atoms. The molecule has 0 bridgehead atoms. The van der Waals surface area contributed by atoms with Crippen LogP contribution in [0.2, 0.25) is 5.02 Å². The normalized spacial score (nSPS) is 10.5. The number of amides is 1. The molecule has 1 heterocycles. The molecule has 2 aromatic carbocycles. The van der Waals surface area contributed by atoms with Crippen molar-refractivity contribution in [3.05, 3.63) is 70.5 Å². The van der Waals surface area contributed by atoms with Crippen LogP contribution in [0.3, 0.4) is 0 Å². The molecule has 7 heteroatoms. The van der Waals surface area contributed by atoms with E-state index in [4.69, 9.17) is 16.3 Å². The molecule has 0 saturated heterocycles. The van der Waals surface area contributed by atoms with E-state index in [1.807, 2.05) is 30.3 Å². The summed E-state index contributed by atoms with van der Waals surface area (Å²) in [6.45, 7) is 2.14. The van der Waals surface area contributed by atoms with Gasteiger partial charge in [-0.05, 0) is 42.8 Å². The molecular formula is C18H17ClN4O2. The van der Waals surface area contributed by atoms with Gasteiger partial charge in [-0.2, -0.15) is 9.90 Å². The highest BCUT2D eigenvalue weighted by Gasteiger charge is 2.16. The van der Waals surface area contributed by atoms with Crippen LogP contribution in [0.15, 0.2) is 48.5 Å². The Bertz CT molecular complexity index is 890. The highest BCUT2D eigenvalue weighted by Crippen LogP contribution is 2.15. The van der Waals surface area contributed by atoms with Gasteiger partial charge in [0.1, 0.15) is 5.75 Å². The van der Waals surface area contributed by atoms with E-state index in [9.17, 15) is 4.79 Å². The van der Waals surface area contributed by atoms with Crippen molar-refractivity contribution in [3.63, 3.8) is 0 Å². The van der Waals surface area contributed by atoms with Crippen molar-refractivity contribution >= 4 is 17.5 Å². The molecule has 0 atom stereocenters. The number of nitrogens with zero attached hydrogens (tertiary/aromatic N) is 3. The second kappa shape index (κ2) is 7.36. The zero-order valence-corrected chi connectivity index (χ0v) is 14.6.